The summed E-state index contributed by atoms with van der Waals surface area (Å²) >= 11 is 0. The Morgan fingerprint density at radius 2 is 1.84 bits per heavy atom. The van der Waals surface area contributed by atoms with E-state index in [-0.39, 0.29) is 34.9 Å². The molecule has 1 aromatic rings. The molecule has 5 aliphatic rings. The first-order chi connectivity index (χ1) is 21.5. The first-order valence-corrected chi connectivity index (χ1v) is 17.7. The van der Waals surface area contributed by atoms with Crippen molar-refractivity contribution in [3.8, 4) is 5.75 Å². The van der Waals surface area contributed by atoms with Crippen molar-refractivity contribution in [1.29, 1.82) is 0 Å². The van der Waals surface area contributed by atoms with Crippen molar-refractivity contribution in [3.63, 3.8) is 0 Å². The van der Waals surface area contributed by atoms with E-state index in [0.717, 1.165) is 68.9 Å². The molecule has 1 aromatic carbocycles. The van der Waals surface area contributed by atoms with Gasteiger partial charge in [-0.05, 0) is 136 Å². The smallest absolute Gasteiger partial charge is 0.260 e. The predicted octanol–water partition coefficient (Wildman–Crippen LogP) is 6.50. The number of allylic oxidation sites excluding steroid dienone is 2. The van der Waals surface area contributed by atoms with Crippen molar-refractivity contribution in [2.75, 3.05) is 33.9 Å². The van der Waals surface area contributed by atoms with Gasteiger partial charge in [-0.25, -0.2) is 0 Å². The normalized spacial score (nSPS) is 40.6. The average molecular weight is 620 g/mol. The van der Waals surface area contributed by atoms with Gasteiger partial charge in [0.2, 0.25) is 0 Å². The van der Waals surface area contributed by atoms with Gasteiger partial charge in [0.25, 0.3) is 5.91 Å². The minimum Gasteiger partial charge on any atom is -0.497 e. The molecule has 6 rings (SSSR count). The number of likely N-dealkylation sites (tertiary alicyclic amines) is 1. The van der Waals surface area contributed by atoms with Crippen LogP contribution >= 0.6 is 0 Å². The highest BCUT2D eigenvalue weighted by Gasteiger charge is 2.58. The summed E-state index contributed by atoms with van der Waals surface area (Å²) < 4.78 is 5.42. The van der Waals surface area contributed by atoms with Crippen LogP contribution in [-0.2, 0) is 15.0 Å². The number of hydrogen-bond acceptors (Lipinski definition) is 6. The fraction of sp³-hybridized carbons (Fsp3) is 0.737. The van der Waals surface area contributed by atoms with Crippen LogP contribution < -0.4 is 10.1 Å². The number of benzene rings is 1. The fourth-order valence-electron chi connectivity index (χ4n) is 10.8. The number of rotatable bonds is 8. The number of oxime groups is 1. The third-order valence-corrected chi connectivity index (χ3v) is 13.8. The van der Waals surface area contributed by atoms with E-state index < -0.39 is 0 Å². The second-order valence-corrected chi connectivity index (χ2v) is 15.9. The maximum absolute atomic E-state index is 12.9. The van der Waals surface area contributed by atoms with Crippen LogP contribution in [0.4, 0.5) is 0 Å². The maximum Gasteiger partial charge on any atom is 0.260 e. The van der Waals surface area contributed by atoms with Crippen LogP contribution in [0.15, 0.2) is 41.1 Å². The van der Waals surface area contributed by atoms with Crippen LogP contribution in [0.3, 0.4) is 0 Å². The predicted molar refractivity (Wildman–Crippen MR) is 179 cm³/mol. The van der Waals surface area contributed by atoms with Gasteiger partial charge in [0, 0.05) is 24.5 Å². The molecule has 7 nitrogen and oxygen atoms in total. The van der Waals surface area contributed by atoms with E-state index in [1.165, 1.54) is 30.4 Å². The standard InChI is InChI=1S/C38H57N3O4/c1-25-23-41(5)26(2)22-38(25,27-7-10-30(44-6)11-8-27)19-20-39-35(43)24-45-40-29-15-17-36(3)28(21-29)9-12-31-32-13-14-34(42)37(32,4)18-16-33(31)36/h7-8,10-11,21,25-26,31-34,42H,9,12-20,22-24H2,1-6H3,(H,39,43)/b40-29-/t25-,26-,31+,32+,33+,34+,36+,37+,38-/m1/s1. The van der Waals surface area contributed by atoms with Gasteiger partial charge < -0.3 is 24.9 Å². The number of nitrogens with one attached hydrogen (secondary N) is 1. The number of carbonyl (C=O) groups excluding carboxylic acids is 1. The summed E-state index contributed by atoms with van der Waals surface area (Å²) in [4.78, 5) is 21.0. The number of nitrogens with zero attached hydrogens (tertiary/aromatic N) is 2. The molecule has 248 valence electrons. The second-order valence-electron chi connectivity index (χ2n) is 15.9. The second kappa shape index (κ2) is 12.7. The Bertz CT molecular complexity index is 1290. The minimum absolute atomic E-state index is 0.0129. The van der Waals surface area contributed by atoms with Crippen molar-refractivity contribution in [2.24, 2.45) is 39.7 Å². The molecule has 0 radical (unpaired) electrons. The molecular weight excluding hydrogens is 562 g/mol. The average Bonchev–Trinajstić information content (AvgIpc) is 3.33. The zero-order valence-electron chi connectivity index (χ0n) is 28.6. The molecule has 45 heavy (non-hydrogen) atoms. The summed E-state index contributed by atoms with van der Waals surface area (Å²) in [5, 5.41) is 18.4. The van der Waals surface area contributed by atoms with E-state index in [9.17, 15) is 9.90 Å². The molecule has 0 bridgehead atoms. The summed E-state index contributed by atoms with van der Waals surface area (Å²) in [6.45, 7) is 11.1. The van der Waals surface area contributed by atoms with Crippen LogP contribution in [0.2, 0.25) is 0 Å². The first-order valence-electron chi connectivity index (χ1n) is 17.7. The zero-order valence-corrected chi connectivity index (χ0v) is 28.6. The molecule has 0 unspecified atom stereocenters. The van der Waals surface area contributed by atoms with Crippen LogP contribution in [0.1, 0.15) is 97.5 Å². The fourth-order valence-corrected chi connectivity index (χ4v) is 10.8. The highest BCUT2D eigenvalue weighted by atomic mass is 16.6. The van der Waals surface area contributed by atoms with Crippen molar-refractivity contribution >= 4 is 11.6 Å². The van der Waals surface area contributed by atoms with E-state index in [1.54, 1.807) is 7.11 Å². The lowest BCUT2D eigenvalue weighted by Gasteiger charge is -2.57. The molecular formula is C38H57N3O4. The van der Waals surface area contributed by atoms with Gasteiger partial charge >= 0.3 is 0 Å². The van der Waals surface area contributed by atoms with E-state index in [4.69, 9.17) is 9.57 Å². The highest BCUT2D eigenvalue weighted by molar-refractivity contribution is 5.96. The number of piperidine rings is 1. The summed E-state index contributed by atoms with van der Waals surface area (Å²) in [6, 6.07) is 8.98. The summed E-state index contributed by atoms with van der Waals surface area (Å²) in [7, 11) is 3.91. The lowest BCUT2D eigenvalue weighted by molar-refractivity contribution is -0.125. The number of carbonyl (C=O) groups is 1. The molecule has 1 aliphatic heterocycles. The van der Waals surface area contributed by atoms with E-state index in [1.807, 2.05) is 0 Å². The molecule has 9 atom stereocenters. The summed E-state index contributed by atoms with van der Waals surface area (Å²) in [5.41, 5.74) is 4.14. The lowest BCUT2D eigenvalue weighted by Crippen LogP contribution is -2.52. The van der Waals surface area contributed by atoms with Gasteiger partial charge in [-0.15, -0.1) is 0 Å². The number of hydrogen-bond donors (Lipinski definition) is 2. The van der Waals surface area contributed by atoms with Gasteiger partial charge in [-0.1, -0.05) is 43.6 Å². The Hall–Kier alpha value is -2.38. The van der Waals surface area contributed by atoms with E-state index in [2.05, 4.69) is 80.5 Å². The monoisotopic (exact) mass is 619 g/mol. The van der Waals surface area contributed by atoms with Crippen LogP contribution in [0, 0.1) is 34.5 Å². The van der Waals surface area contributed by atoms with Crippen molar-refractivity contribution in [3.05, 3.63) is 41.5 Å². The summed E-state index contributed by atoms with van der Waals surface area (Å²) in [5.74, 6) is 3.30. The van der Waals surface area contributed by atoms with Gasteiger partial charge in [0.15, 0.2) is 6.61 Å². The van der Waals surface area contributed by atoms with Crippen LogP contribution in [0.25, 0.3) is 0 Å². The molecule has 1 saturated heterocycles. The molecule has 0 spiro atoms. The van der Waals surface area contributed by atoms with Crippen LogP contribution in [0.5, 0.6) is 5.75 Å². The SMILES string of the molecule is COc1ccc([C@]2(CCNC(=O)CO/N=C3\C=C4CC[C@H]5[C@@H]6CC[C@H](O)[C@@]6(C)CC[C@@H]5[C@@]4(C)CC3)C[C@@H](C)N(C)C[C@H]2C)cc1. The van der Waals surface area contributed by atoms with Crippen molar-refractivity contribution < 1.29 is 19.5 Å². The third-order valence-electron chi connectivity index (χ3n) is 13.8. The zero-order chi connectivity index (χ0) is 32.0. The molecule has 7 heteroatoms. The number of fused-ring (bicyclic) bond motifs is 5. The number of aliphatic hydroxyl groups excluding tert-OH is 1. The van der Waals surface area contributed by atoms with Crippen LogP contribution in [-0.4, -0.2) is 67.6 Å². The molecule has 0 aromatic heterocycles. The Balaban J connectivity index is 1.04. The first kappa shape index (κ1) is 32.6. The van der Waals surface area contributed by atoms with Crippen molar-refractivity contribution in [1.82, 2.24) is 10.2 Å². The maximum atomic E-state index is 12.9. The Kier molecular flexibility index (Phi) is 9.17. The molecule has 4 fully saturated rings. The Morgan fingerprint density at radius 3 is 2.60 bits per heavy atom. The molecule has 1 heterocycles. The number of methoxy groups -OCH3 is 1. The van der Waals surface area contributed by atoms with E-state index >= 15 is 0 Å². The largest absolute Gasteiger partial charge is 0.497 e. The number of amides is 1. The summed E-state index contributed by atoms with van der Waals surface area (Å²) in [6.07, 6.45) is 13.0. The Morgan fingerprint density at radius 1 is 1.07 bits per heavy atom. The van der Waals surface area contributed by atoms with E-state index in [0.29, 0.717) is 30.3 Å². The molecule has 4 aliphatic carbocycles. The van der Waals surface area contributed by atoms with Gasteiger partial charge in [0.1, 0.15) is 5.75 Å². The highest BCUT2D eigenvalue weighted by Crippen LogP contribution is 2.65. The Labute approximate surface area is 271 Å². The minimum atomic E-state index is -0.122. The quantitative estimate of drug-likeness (QED) is 0.325. The molecule has 3 saturated carbocycles. The van der Waals surface area contributed by atoms with Gasteiger partial charge in [-0.3, -0.25) is 4.79 Å². The molecule has 2 N–H and O–H groups in total. The topological polar surface area (TPSA) is 83.4 Å². The lowest BCUT2D eigenvalue weighted by atomic mass is 9.47. The number of aliphatic hydroxyl groups is 1. The van der Waals surface area contributed by atoms with Gasteiger partial charge in [-0.2, -0.15) is 0 Å². The van der Waals surface area contributed by atoms with Gasteiger partial charge in [0.05, 0.1) is 18.9 Å². The van der Waals surface area contributed by atoms with Crippen molar-refractivity contribution in [2.45, 2.75) is 109 Å². The number of ether oxygens (including phenoxy) is 1. The third kappa shape index (κ3) is 5.86. The molecule has 1 amide bonds.